The molecule has 0 saturated heterocycles. The van der Waals surface area contributed by atoms with Gasteiger partial charge in [-0.2, -0.15) is 0 Å². The summed E-state index contributed by atoms with van der Waals surface area (Å²) in [7, 11) is 0. The van der Waals surface area contributed by atoms with E-state index in [1.54, 1.807) is 19.1 Å². The highest BCUT2D eigenvalue weighted by Crippen LogP contribution is 2.27. The van der Waals surface area contributed by atoms with Crippen molar-refractivity contribution in [2.45, 2.75) is 12.8 Å². The summed E-state index contributed by atoms with van der Waals surface area (Å²) in [5, 5.41) is 10.7. The first-order chi connectivity index (χ1) is 9.10. The maximum atomic E-state index is 10.7. The number of halogens is 1. The number of ether oxygens (including phenoxy) is 1. The third kappa shape index (κ3) is 3.23. The van der Waals surface area contributed by atoms with E-state index in [1.165, 1.54) is 6.07 Å². The fourth-order valence-corrected chi connectivity index (χ4v) is 1.86. The van der Waals surface area contributed by atoms with Crippen LogP contribution in [0.2, 0.25) is 0 Å². The molecular formula is C14H12ClNO3. The highest BCUT2D eigenvalue weighted by Gasteiger charge is 2.10. The van der Waals surface area contributed by atoms with Gasteiger partial charge in [0.05, 0.1) is 4.92 Å². The second kappa shape index (κ2) is 5.71. The zero-order chi connectivity index (χ0) is 13.8. The fraction of sp³-hybridized carbons (Fsp3) is 0.143. The van der Waals surface area contributed by atoms with Gasteiger partial charge in [-0.25, -0.2) is 0 Å². The molecule has 0 spiro atoms. The molecule has 2 rings (SSSR count). The maximum Gasteiger partial charge on any atom is 0.272 e. The van der Waals surface area contributed by atoms with Gasteiger partial charge in [-0.15, -0.1) is 11.6 Å². The highest BCUT2D eigenvalue weighted by molar-refractivity contribution is 6.17. The molecule has 0 N–H and O–H groups in total. The number of nitro groups is 1. The Hall–Kier alpha value is -2.07. The molecule has 0 amide bonds. The molecular weight excluding hydrogens is 266 g/mol. The minimum atomic E-state index is -0.408. The Kier molecular flexibility index (Phi) is 4.02. The fourth-order valence-electron chi connectivity index (χ4n) is 1.68. The zero-order valence-electron chi connectivity index (χ0n) is 10.3. The summed E-state index contributed by atoms with van der Waals surface area (Å²) < 4.78 is 5.63. The minimum Gasteiger partial charge on any atom is -0.457 e. The molecule has 0 aliphatic heterocycles. The molecule has 2 aromatic carbocycles. The van der Waals surface area contributed by atoms with E-state index < -0.39 is 4.92 Å². The van der Waals surface area contributed by atoms with E-state index in [-0.39, 0.29) is 5.69 Å². The molecule has 98 valence electrons. The first-order valence-electron chi connectivity index (χ1n) is 5.68. The van der Waals surface area contributed by atoms with Crippen molar-refractivity contribution in [1.29, 1.82) is 0 Å². The number of nitro benzene ring substituents is 1. The van der Waals surface area contributed by atoms with Crippen molar-refractivity contribution >= 4 is 17.3 Å². The van der Waals surface area contributed by atoms with Gasteiger partial charge in [-0.3, -0.25) is 10.1 Å². The number of alkyl halides is 1. The molecule has 0 aliphatic rings. The van der Waals surface area contributed by atoms with Gasteiger partial charge in [-0.05, 0) is 36.8 Å². The van der Waals surface area contributed by atoms with Gasteiger partial charge >= 0.3 is 0 Å². The van der Waals surface area contributed by atoms with E-state index in [0.29, 0.717) is 22.9 Å². The number of benzene rings is 2. The van der Waals surface area contributed by atoms with E-state index in [9.17, 15) is 10.1 Å². The molecule has 19 heavy (non-hydrogen) atoms. The van der Waals surface area contributed by atoms with Crippen molar-refractivity contribution in [3.05, 3.63) is 63.7 Å². The Labute approximate surface area is 115 Å². The maximum absolute atomic E-state index is 10.7. The van der Waals surface area contributed by atoms with Gasteiger partial charge in [0.15, 0.2) is 0 Å². The lowest BCUT2D eigenvalue weighted by molar-refractivity contribution is -0.385. The van der Waals surface area contributed by atoms with Gasteiger partial charge in [-0.1, -0.05) is 12.1 Å². The first-order valence-corrected chi connectivity index (χ1v) is 6.21. The van der Waals surface area contributed by atoms with Crippen LogP contribution in [0.15, 0.2) is 42.5 Å². The van der Waals surface area contributed by atoms with Gasteiger partial charge in [0.25, 0.3) is 5.69 Å². The summed E-state index contributed by atoms with van der Waals surface area (Å²) >= 11 is 5.70. The van der Waals surface area contributed by atoms with E-state index in [1.807, 2.05) is 24.3 Å². The van der Waals surface area contributed by atoms with Crippen molar-refractivity contribution in [3.8, 4) is 11.5 Å². The Morgan fingerprint density at radius 1 is 1.16 bits per heavy atom. The zero-order valence-corrected chi connectivity index (χ0v) is 11.1. The van der Waals surface area contributed by atoms with Crippen molar-refractivity contribution in [2.24, 2.45) is 0 Å². The van der Waals surface area contributed by atoms with Crippen LogP contribution < -0.4 is 4.74 Å². The molecule has 0 aromatic heterocycles. The van der Waals surface area contributed by atoms with Crippen LogP contribution >= 0.6 is 11.6 Å². The quantitative estimate of drug-likeness (QED) is 0.472. The lowest BCUT2D eigenvalue weighted by Crippen LogP contribution is -1.92. The highest BCUT2D eigenvalue weighted by atomic mass is 35.5. The van der Waals surface area contributed by atoms with Gasteiger partial charge in [0.2, 0.25) is 0 Å². The number of hydrogen-bond acceptors (Lipinski definition) is 3. The summed E-state index contributed by atoms with van der Waals surface area (Å²) in [4.78, 5) is 10.3. The minimum absolute atomic E-state index is 0.0878. The predicted octanol–water partition coefficient (Wildman–Crippen LogP) is 4.43. The predicted molar refractivity (Wildman–Crippen MR) is 73.9 cm³/mol. The Morgan fingerprint density at radius 2 is 1.79 bits per heavy atom. The molecule has 0 aliphatic carbocycles. The van der Waals surface area contributed by atoms with E-state index in [2.05, 4.69) is 0 Å². The topological polar surface area (TPSA) is 52.4 Å². The van der Waals surface area contributed by atoms with Crippen LogP contribution in [0.3, 0.4) is 0 Å². The normalized spacial score (nSPS) is 10.2. The number of rotatable bonds is 4. The second-order valence-electron chi connectivity index (χ2n) is 4.09. The average molecular weight is 278 g/mol. The van der Waals surface area contributed by atoms with Gasteiger partial charge in [0.1, 0.15) is 11.5 Å². The lowest BCUT2D eigenvalue weighted by atomic mass is 10.2. The summed E-state index contributed by atoms with van der Waals surface area (Å²) in [5.41, 5.74) is 1.67. The number of nitrogens with zero attached hydrogens (tertiary/aromatic N) is 1. The van der Waals surface area contributed by atoms with Crippen LogP contribution in [0.1, 0.15) is 11.1 Å². The first kappa shape index (κ1) is 13.4. The van der Waals surface area contributed by atoms with Crippen molar-refractivity contribution < 1.29 is 9.66 Å². The molecule has 0 saturated carbocycles. The second-order valence-corrected chi connectivity index (χ2v) is 4.35. The molecule has 0 atom stereocenters. The Bertz CT molecular complexity index is 596. The van der Waals surface area contributed by atoms with Crippen molar-refractivity contribution in [3.63, 3.8) is 0 Å². The van der Waals surface area contributed by atoms with Gasteiger partial charge < -0.3 is 4.74 Å². The smallest absolute Gasteiger partial charge is 0.272 e. The average Bonchev–Trinajstić information content (AvgIpc) is 2.39. The SMILES string of the molecule is Cc1cc(Oc2ccc(CCl)cc2)ccc1[N+](=O)[O-]. The van der Waals surface area contributed by atoms with Crippen LogP contribution in [0.4, 0.5) is 5.69 Å². The van der Waals surface area contributed by atoms with Crippen molar-refractivity contribution in [2.75, 3.05) is 0 Å². The van der Waals surface area contributed by atoms with Crippen molar-refractivity contribution in [1.82, 2.24) is 0 Å². The van der Waals surface area contributed by atoms with Crippen LogP contribution in [0.25, 0.3) is 0 Å². The van der Waals surface area contributed by atoms with Gasteiger partial charge in [0, 0.05) is 17.5 Å². The molecule has 0 unspecified atom stereocenters. The standard InChI is InChI=1S/C14H12ClNO3/c1-10-8-13(6-7-14(10)16(17)18)19-12-4-2-11(9-15)3-5-12/h2-8H,9H2,1H3. The number of aryl methyl sites for hydroxylation is 1. The molecule has 0 bridgehead atoms. The largest absolute Gasteiger partial charge is 0.457 e. The molecule has 0 radical (unpaired) electrons. The summed E-state index contributed by atoms with van der Waals surface area (Å²) in [6.45, 7) is 1.68. The molecule has 0 heterocycles. The third-order valence-electron chi connectivity index (χ3n) is 2.68. The van der Waals surface area contributed by atoms with E-state index in [4.69, 9.17) is 16.3 Å². The van der Waals surface area contributed by atoms with Crippen LogP contribution in [-0.4, -0.2) is 4.92 Å². The molecule has 0 fully saturated rings. The van der Waals surface area contributed by atoms with E-state index in [0.717, 1.165) is 5.56 Å². The summed E-state index contributed by atoms with van der Waals surface area (Å²) in [5.74, 6) is 1.69. The third-order valence-corrected chi connectivity index (χ3v) is 2.99. The lowest BCUT2D eigenvalue weighted by Gasteiger charge is -2.07. The summed E-state index contributed by atoms with van der Waals surface area (Å²) in [6, 6.07) is 12.1. The van der Waals surface area contributed by atoms with E-state index >= 15 is 0 Å². The Morgan fingerprint density at radius 3 is 2.32 bits per heavy atom. The van der Waals surface area contributed by atoms with Crippen LogP contribution in [0, 0.1) is 17.0 Å². The molecule has 5 heteroatoms. The Balaban J connectivity index is 2.18. The monoisotopic (exact) mass is 277 g/mol. The van der Waals surface area contributed by atoms with Crippen LogP contribution in [0.5, 0.6) is 11.5 Å². The van der Waals surface area contributed by atoms with Crippen LogP contribution in [-0.2, 0) is 5.88 Å². The summed E-state index contributed by atoms with van der Waals surface area (Å²) in [6.07, 6.45) is 0. The molecule has 4 nitrogen and oxygen atoms in total. The number of hydrogen-bond donors (Lipinski definition) is 0. The molecule has 2 aromatic rings.